The lowest BCUT2D eigenvalue weighted by Gasteiger charge is -2.37. The minimum absolute atomic E-state index is 0.228. The summed E-state index contributed by atoms with van der Waals surface area (Å²) in [7, 11) is 0. The summed E-state index contributed by atoms with van der Waals surface area (Å²) in [5, 5.41) is 3.39. The van der Waals surface area contributed by atoms with Crippen LogP contribution in [0.1, 0.15) is 26.3 Å². The van der Waals surface area contributed by atoms with E-state index in [9.17, 15) is 4.79 Å². The Morgan fingerprint density at radius 2 is 1.74 bits per heavy atom. The molecule has 7 nitrogen and oxygen atoms in total. The van der Waals surface area contributed by atoms with Crippen molar-refractivity contribution in [2.45, 2.75) is 32.9 Å². The molecule has 7 heteroatoms. The van der Waals surface area contributed by atoms with Gasteiger partial charge in [-0.15, -0.1) is 0 Å². The molecule has 27 heavy (non-hydrogen) atoms. The van der Waals surface area contributed by atoms with Gasteiger partial charge in [-0.25, -0.2) is 4.79 Å². The molecule has 1 aromatic carbocycles. The first-order chi connectivity index (χ1) is 12.8. The van der Waals surface area contributed by atoms with Crippen LogP contribution in [0, 0.1) is 0 Å². The molecule has 0 radical (unpaired) electrons. The molecule has 0 saturated carbocycles. The molecule has 0 spiro atoms. The van der Waals surface area contributed by atoms with Crippen LogP contribution in [0.5, 0.6) is 0 Å². The minimum atomic E-state index is -0.457. The van der Waals surface area contributed by atoms with E-state index in [1.807, 2.05) is 26.8 Å². The molecule has 0 aromatic heterocycles. The number of anilines is 2. The summed E-state index contributed by atoms with van der Waals surface area (Å²) in [6, 6.07) is 6.34. The highest BCUT2D eigenvalue weighted by Gasteiger charge is 2.26. The fourth-order valence-corrected chi connectivity index (χ4v) is 3.57. The number of rotatable bonds is 3. The van der Waals surface area contributed by atoms with Crippen LogP contribution in [-0.4, -0.2) is 73.9 Å². The quantitative estimate of drug-likeness (QED) is 0.784. The molecule has 1 aromatic rings. The smallest absolute Gasteiger partial charge is 0.410 e. The number of nitrogens with one attached hydrogen (secondary N) is 1. The zero-order chi connectivity index (χ0) is 19.4. The first-order valence-electron chi connectivity index (χ1n) is 9.85. The average molecular weight is 376 g/mol. The summed E-state index contributed by atoms with van der Waals surface area (Å²) in [5.74, 6) is 0. The molecule has 1 amide bonds. The van der Waals surface area contributed by atoms with E-state index in [-0.39, 0.29) is 6.09 Å². The molecule has 2 fully saturated rings. The van der Waals surface area contributed by atoms with Gasteiger partial charge in [-0.05, 0) is 44.5 Å². The van der Waals surface area contributed by atoms with Crippen LogP contribution in [0.2, 0.25) is 0 Å². The van der Waals surface area contributed by atoms with Gasteiger partial charge >= 0.3 is 6.09 Å². The molecule has 0 unspecified atom stereocenters. The number of nitrogens with two attached hydrogens (primary N) is 1. The minimum Gasteiger partial charge on any atom is -0.444 e. The summed E-state index contributed by atoms with van der Waals surface area (Å²) in [5.41, 5.74) is 8.91. The number of ether oxygens (including phenoxy) is 1. The summed E-state index contributed by atoms with van der Waals surface area (Å²) in [6.07, 6.45) is -0.228. The number of nitrogens with zero attached hydrogens (tertiary/aromatic N) is 3. The summed E-state index contributed by atoms with van der Waals surface area (Å²) >= 11 is 0. The lowest BCUT2D eigenvalue weighted by Crippen LogP contribution is -2.50. The third kappa shape index (κ3) is 5.74. The maximum Gasteiger partial charge on any atom is 0.410 e. The van der Waals surface area contributed by atoms with E-state index in [1.165, 1.54) is 5.56 Å². The third-order valence-corrected chi connectivity index (χ3v) is 4.91. The van der Waals surface area contributed by atoms with Crippen molar-refractivity contribution in [1.82, 2.24) is 15.1 Å². The van der Waals surface area contributed by atoms with Gasteiger partial charge in [0.2, 0.25) is 0 Å². The molecule has 3 N–H and O–H groups in total. The second-order valence-corrected chi connectivity index (χ2v) is 8.41. The van der Waals surface area contributed by atoms with Crippen LogP contribution in [0.15, 0.2) is 18.2 Å². The maximum atomic E-state index is 12.2. The fraction of sp³-hybridized carbons (Fsp3) is 0.650. The van der Waals surface area contributed by atoms with E-state index in [2.05, 4.69) is 27.2 Å². The number of carbonyl (C=O) groups excluding carboxylic acids is 1. The van der Waals surface area contributed by atoms with Crippen molar-refractivity contribution in [3.8, 4) is 0 Å². The van der Waals surface area contributed by atoms with E-state index in [4.69, 9.17) is 10.5 Å². The van der Waals surface area contributed by atoms with E-state index < -0.39 is 5.60 Å². The van der Waals surface area contributed by atoms with Crippen molar-refractivity contribution in [2.75, 3.05) is 63.0 Å². The molecule has 2 saturated heterocycles. The highest BCUT2D eigenvalue weighted by molar-refractivity contribution is 5.69. The Hall–Kier alpha value is -1.99. The largest absolute Gasteiger partial charge is 0.444 e. The zero-order valence-corrected chi connectivity index (χ0v) is 16.8. The van der Waals surface area contributed by atoms with Crippen LogP contribution in [0.3, 0.4) is 0 Å². The lowest BCUT2D eigenvalue weighted by atomic mass is 10.1. The van der Waals surface area contributed by atoms with Gasteiger partial charge < -0.3 is 25.6 Å². The summed E-state index contributed by atoms with van der Waals surface area (Å²) in [4.78, 5) is 18.8. The Morgan fingerprint density at radius 3 is 2.37 bits per heavy atom. The van der Waals surface area contributed by atoms with Crippen LogP contribution in [-0.2, 0) is 11.3 Å². The first kappa shape index (κ1) is 19.8. The molecule has 2 heterocycles. The van der Waals surface area contributed by atoms with Crippen molar-refractivity contribution in [3.05, 3.63) is 23.8 Å². The van der Waals surface area contributed by atoms with Gasteiger partial charge in [0, 0.05) is 70.3 Å². The second-order valence-electron chi connectivity index (χ2n) is 8.41. The number of amides is 1. The number of benzene rings is 1. The summed E-state index contributed by atoms with van der Waals surface area (Å²) < 4.78 is 5.48. The number of piperazine rings is 2. The Balaban J connectivity index is 1.59. The van der Waals surface area contributed by atoms with Gasteiger partial charge in [-0.2, -0.15) is 0 Å². The van der Waals surface area contributed by atoms with Crippen LogP contribution < -0.4 is 16.0 Å². The number of hydrogen-bond acceptors (Lipinski definition) is 6. The molecule has 2 aliphatic heterocycles. The topological polar surface area (TPSA) is 74.1 Å². The normalized spacial score (nSPS) is 19.2. The Morgan fingerprint density at radius 1 is 1.07 bits per heavy atom. The van der Waals surface area contributed by atoms with Crippen molar-refractivity contribution >= 4 is 17.5 Å². The van der Waals surface area contributed by atoms with E-state index in [1.54, 1.807) is 4.90 Å². The van der Waals surface area contributed by atoms with Gasteiger partial charge in [-0.3, -0.25) is 4.90 Å². The third-order valence-electron chi connectivity index (χ3n) is 4.91. The molecule has 0 atom stereocenters. The number of nitrogen functional groups attached to an aromatic ring is 1. The predicted molar refractivity (Wildman–Crippen MR) is 109 cm³/mol. The Labute approximate surface area is 162 Å². The van der Waals surface area contributed by atoms with Crippen LogP contribution in [0.25, 0.3) is 0 Å². The van der Waals surface area contributed by atoms with E-state index in [0.29, 0.717) is 13.1 Å². The standard InChI is InChI=1S/C20H33N5O2/c1-20(2,3)27-19(26)25-10-8-24(9-11-25)18-13-16(12-17(21)14-18)15-23-6-4-22-5-7-23/h12-14,22H,4-11,15,21H2,1-3H3. The predicted octanol–water partition coefficient (Wildman–Crippen LogP) is 1.73. The maximum absolute atomic E-state index is 12.2. The molecule has 150 valence electrons. The van der Waals surface area contributed by atoms with Crippen molar-refractivity contribution in [2.24, 2.45) is 0 Å². The van der Waals surface area contributed by atoms with Crippen molar-refractivity contribution in [1.29, 1.82) is 0 Å². The number of carbonyl (C=O) groups is 1. The molecule has 0 aliphatic carbocycles. The molecular formula is C20H33N5O2. The van der Waals surface area contributed by atoms with Crippen molar-refractivity contribution < 1.29 is 9.53 Å². The average Bonchev–Trinajstić information content (AvgIpc) is 2.61. The zero-order valence-electron chi connectivity index (χ0n) is 16.8. The van der Waals surface area contributed by atoms with Gasteiger partial charge in [0.1, 0.15) is 5.60 Å². The Kier molecular flexibility index (Phi) is 6.11. The summed E-state index contributed by atoms with van der Waals surface area (Å²) in [6.45, 7) is 13.7. The second kappa shape index (κ2) is 8.35. The molecule has 0 bridgehead atoms. The molecule has 3 rings (SSSR count). The highest BCUT2D eigenvalue weighted by Crippen LogP contribution is 2.24. The lowest BCUT2D eigenvalue weighted by molar-refractivity contribution is 0.0240. The SMILES string of the molecule is CC(C)(C)OC(=O)N1CCN(c2cc(N)cc(CN3CCNCC3)c2)CC1. The van der Waals surface area contributed by atoms with Gasteiger partial charge in [0.05, 0.1) is 0 Å². The highest BCUT2D eigenvalue weighted by atomic mass is 16.6. The van der Waals surface area contributed by atoms with Gasteiger partial charge in [0.15, 0.2) is 0 Å². The number of hydrogen-bond donors (Lipinski definition) is 2. The van der Waals surface area contributed by atoms with Gasteiger partial charge in [0.25, 0.3) is 0 Å². The van der Waals surface area contributed by atoms with E-state index in [0.717, 1.165) is 57.2 Å². The fourth-order valence-electron chi connectivity index (χ4n) is 3.57. The molecular weight excluding hydrogens is 342 g/mol. The molecule has 2 aliphatic rings. The Bertz CT molecular complexity index is 644. The van der Waals surface area contributed by atoms with E-state index >= 15 is 0 Å². The van der Waals surface area contributed by atoms with Crippen molar-refractivity contribution in [3.63, 3.8) is 0 Å². The van der Waals surface area contributed by atoms with Crippen LogP contribution in [0.4, 0.5) is 16.2 Å². The van der Waals surface area contributed by atoms with Crippen LogP contribution >= 0.6 is 0 Å². The first-order valence-corrected chi connectivity index (χ1v) is 9.85. The monoisotopic (exact) mass is 375 g/mol. The van der Waals surface area contributed by atoms with Gasteiger partial charge in [-0.1, -0.05) is 0 Å².